The van der Waals surface area contributed by atoms with E-state index < -0.39 is 0 Å². The summed E-state index contributed by atoms with van der Waals surface area (Å²) in [6.07, 6.45) is 0. The molecule has 0 aliphatic carbocycles. The van der Waals surface area contributed by atoms with Crippen molar-refractivity contribution in [3.63, 3.8) is 0 Å². The van der Waals surface area contributed by atoms with Crippen LogP contribution in [-0.2, 0) is 0 Å². The average molecular weight is 271 g/mol. The van der Waals surface area contributed by atoms with Crippen LogP contribution in [0.25, 0.3) is 0 Å². The molecule has 1 aromatic heterocycles. The lowest BCUT2D eigenvalue weighted by molar-refractivity contribution is 0.102. The number of rotatable bonds is 4. The van der Waals surface area contributed by atoms with E-state index in [1.807, 2.05) is 24.3 Å². The molecule has 0 aliphatic rings. The van der Waals surface area contributed by atoms with Crippen molar-refractivity contribution in [1.29, 1.82) is 0 Å². The molecule has 0 radical (unpaired) electrons. The molecular formula is C14H17N5O. The Morgan fingerprint density at radius 1 is 1.20 bits per heavy atom. The number of hydrogen-bond donors (Lipinski definition) is 3. The van der Waals surface area contributed by atoms with Gasteiger partial charge in [-0.25, -0.2) is 5.84 Å². The zero-order valence-corrected chi connectivity index (χ0v) is 11.4. The lowest BCUT2D eigenvalue weighted by Crippen LogP contribution is -2.16. The fourth-order valence-electron chi connectivity index (χ4n) is 1.70. The third kappa shape index (κ3) is 3.30. The van der Waals surface area contributed by atoms with Crippen LogP contribution < -0.4 is 16.6 Å². The molecule has 0 saturated heterocycles. The van der Waals surface area contributed by atoms with Crippen molar-refractivity contribution < 1.29 is 4.79 Å². The Morgan fingerprint density at radius 3 is 2.60 bits per heavy atom. The van der Waals surface area contributed by atoms with Gasteiger partial charge < -0.3 is 10.7 Å². The summed E-state index contributed by atoms with van der Waals surface area (Å²) in [5, 5.41) is 10.4. The van der Waals surface area contributed by atoms with Crippen molar-refractivity contribution in [2.45, 2.75) is 19.8 Å². The van der Waals surface area contributed by atoms with Crippen LogP contribution in [0.15, 0.2) is 36.4 Å². The van der Waals surface area contributed by atoms with Gasteiger partial charge in [0.25, 0.3) is 5.91 Å². The number of carbonyl (C=O) groups excluding carboxylic acids is 1. The van der Waals surface area contributed by atoms with Gasteiger partial charge >= 0.3 is 0 Å². The maximum Gasteiger partial charge on any atom is 0.276 e. The molecule has 0 fully saturated rings. The predicted octanol–water partition coefficient (Wildman–Crippen LogP) is 2.14. The summed E-state index contributed by atoms with van der Waals surface area (Å²) < 4.78 is 0. The van der Waals surface area contributed by atoms with Crippen LogP contribution in [0, 0.1) is 0 Å². The Hall–Kier alpha value is -2.47. The molecule has 6 heteroatoms. The van der Waals surface area contributed by atoms with E-state index in [2.05, 4.69) is 34.8 Å². The topological polar surface area (TPSA) is 92.9 Å². The zero-order valence-electron chi connectivity index (χ0n) is 11.4. The average Bonchev–Trinajstić information content (AvgIpc) is 2.47. The summed E-state index contributed by atoms with van der Waals surface area (Å²) in [4.78, 5) is 12.0. The van der Waals surface area contributed by atoms with Crippen LogP contribution in [0.2, 0.25) is 0 Å². The van der Waals surface area contributed by atoms with E-state index in [1.54, 1.807) is 12.1 Å². The molecular weight excluding hydrogens is 254 g/mol. The summed E-state index contributed by atoms with van der Waals surface area (Å²) in [7, 11) is 0. The largest absolute Gasteiger partial charge is 0.321 e. The summed E-state index contributed by atoms with van der Waals surface area (Å²) in [5.74, 6) is 5.70. The van der Waals surface area contributed by atoms with E-state index in [1.165, 1.54) is 0 Å². The maximum absolute atomic E-state index is 12.0. The number of benzene rings is 1. The first-order valence-corrected chi connectivity index (χ1v) is 6.32. The molecule has 0 unspecified atom stereocenters. The van der Waals surface area contributed by atoms with Gasteiger partial charge in [-0.3, -0.25) is 4.79 Å². The van der Waals surface area contributed by atoms with Crippen LogP contribution in [0.3, 0.4) is 0 Å². The molecule has 0 atom stereocenters. The number of nitrogens with two attached hydrogens (primary N) is 1. The highest BCUT2D eigenvalue weighted by Crippen LogP contribution is 2.18. The van der Waals surface area contributed by atoms with Crippen LogP contribution in [0.4, 0.5) is 11.5 Å². The number of aromatic nitrogens is 2. The maximum atomic E-state index is 12.0. The smallest absolute Gasteiger partial charge is 0.276 e. The molecule has 20 heavy (non-hydrogen) atoms. The van der Waals surface area contributed by atoms with Crippen LogP contribution >= 0.6 is 0 Å². The van der Waals surface area contributed by atoms with Crippen molar-refractivity contribution in [3.05, 3.63) is 47.7 Å². The fraction of sp³-hybridized carbons (Fsp3) is 0.214. The van der Waals surface area contributed by atoms with E-state index in [-0.39, 0.29) is 11.6 Å². The minimum Gasteiger partial charge on any atom is -0.321 e. The number of anilines is 2. The molecule has 0 aliphatic heterocycles. The number of hydrazine groups is 1. The van der Waals surface area contributed by atoms with Crippen LogP contribution in [-0.4, -0.2) is 16.1 Å². The van der Waals surface area contributed by atoms with Gasteiger partial charge in [-0.2, -0.15) is 0 Å². The molecule has 0 saturated carbocycles. The van der Waals surface area contributed by atoms with Crippen molar-refractivity contribution in [1.82, 2.24) is 10.2 Å². The third-order valence-electron chi connectivity index (χ3n) is 2.86. The highest BCUT2D eigenvalue weighted by Gasteiger charge is 2.09. The molecule has 1 heterocycles. The second-order valence-electron chi connectivity index (χ2n) is 4.68. The molecule has 1 amide bonds. The van der Waals surface area contributed by atoms with E-state index in [4.69, 9.17) is 5.84 Å². The van der Waals surface area contributed by atoms with Crippen molar-refractivity contribution >= 4 is 17.4 Å². The highest BCUT2D eigenvalue weighted by molar-refractivity contribution is 6.02. The van der Waals surface area contributed by atoms with Gasteiger partial charge in [0.1, 0.15) is 0 Å². The fourth-order valence-corrected chi connectivity index (χ4v) is 1.70. The number of carbonyl (C=O) groups is 1. The zero-order chi connectivity index (χ0) is 14.5. The second kappa shape index (κ2) is 6.12. The molecule has 0 bridgehead atoms. The Bertz CT molecular complexity index is 595. The lowest BCUT2D eigenvalue weighted by atomic mass is 10.0. The number of nitrogen functional groups attached to an aromatic ring is 1. The molecule has 4 N–H and O–H groups in total. The first-order valence-electron chi connectivity index (χ1n) is 6.32. The standard InChI is InChI=1S/C14H17N5O/c1-9(2)10-4-3-5-11(8-10)16-14(20)12-6-7-13(17-15)19-18-12/h3-9H,15H2,1-2H3,(H,16,20)(H,17,19). The van der Waals surface area contributed by atoms with Crippen molar-refractivity contribution in [3.8, 4) is 0 Å². The van der Waals surface area contributed by atoms with Gasteiger partial charge in [-0.05, 0) is 35.7 Å². The van der Waals surface area contributed by atoms with Crippen LogP contribution in [0.1, 0.15) is 35.8 Å². The summed E-state index contributed by atoms with van der Waals surface area (Å²) in [6.45, 7) is 4.20. The minimum absolute atomic E-state index is 0.235. The molecule has 2 aromatic rings. The number of amides is 1. The third-order valence-corrected chi connectivity index (χ3v) is 2.86. The van der Waals surface area contributed by atoms with Gasteiger partial charge in [-0.1, -0.05) is 26.0 Å². The molecule has 0 spiro atoms. The van der Waals surface area contributed by atoms with Gasteiger partial charge in [0.05, 0.1) is 0 Å². The SMILES string of the molecule is CC(C)c1cccc(NC(=O)c2ccc(NN)nn2)c1. The Kier molecular flexibility index (Phi) is 4.27. The molecule has 6 nitrogen and oxygen atoms in total. The Morgan fingerprint density at radius 2 is 2.00 bits per heavy atom. The minimum atomic E-state index is -0.304. The van der Waals surface area contributed by atoms with Gasteiger partial charge in [0, 0.05) is 5.69 Å². The van der Waals surface area contributed by atoms with E-state index in [0.717, 1.165) is 11.3 Å². The van der Waals surface area contributed by atoms with Gasteiger partial charge in [-0.15, -0.1) is 10.2 Å². The highest BCUT2D eigenvalue weighted by atomic mass is 16.1. The van der Waals surface area contributed by atoms with Gasteiger partial charge in [0.2, 0.25) is 0 Å². The lowest BCUT2D eigenvalue weighted by Gasteiger charge is -2.09. The van der Waals surface area contributed by atoms with E-state index >= 15 is 0 Å². The van der Waals surface area contributed by atoms with E-state index in [0.29, 0.717) is 11.7 Å². The summed E-state index contributed by atoms with van der Waals surface area (Å²) in [5.41, 5.74) is 4.50. The summed E-state index contributed by atoms with van der Waals surface area (Å²) >= 11 is 0. The normalized spacial score (nSPS) is 10.4. The Labute approximate surface area is 117 Å². The predicted molar refractivity (Wildman–Crippen MR) is 78.3 cm³/mol. The second-order valence-corrected chi connectivity index (χ2v) is 4.68. The van der Waals surface area contributed by atoms with E-state index in [9.17, 15) is 4.79 Å². The molecule has 2 rings (SSSR count). The molecule has 104 valence electrons. The number of nitrogens with zero attached hydrogens (tertiary/aromatic N) is 2. The van der Waals surface area contributed by atoms with Crippen molar-refractivity contribution in [2.75, 3.05) is 10.7 Å². The monoisotopic (exact) mass is 271 g/mol. The first-order chi connectivity index (χ1) is 9.60. The van der Waals surface area contributed by atoms with Crippen LogP contribution in [0.5, 0.6) is 0 Å². The van der Waals surface area contributed by atoms with Crippen molar-refractivity contribution in [2.24, 2.45) is 5.84 Å². The summed E-state index contributed by atoms with van der Waals surface area (Å²) in [6, 6.07) is 10.9. The van der Waals surface area contributed by atoms with Gasteiger partial charge in [0.15, 0.2) is 11.5 Å². The first kappa shape index (κ1) is 14.0. The quantitative estimate of drug-likeness (QED) is 0.585. The Balaban J connectivity index is 2.12. The number of nitrogens with one attached hydrogen (secondary N) is 2. The number of hydrogen-bond acceptors (Lipinski definition) is 5. The molecule has 1 aromatic carbocycles.